The van der Waals surface area contributed by atoms with E-state index in [0.717, 1.165) is 31.6 Å². The zero-order chi connectivity index (χ0) is 14.7. The van der Waals surface area contributed by atoms with E-state index in [4.69, 9.17) is 29.6 Å². The van der Waals surface area contributed by atoms with Crippen LogP contribution in [0.3, 0.4) is 0 Å². The van der Waals surface area contributed by atoms with E-state index in [9.17, 15) is 4.79 Å². The number of hydrogen-bond donors (Lipinski definition) is 2. The van der Waals surface area contributed by atoms with Crippen LogP contribution in [0.1, 0.15) is 25.3 Å². The quantitative estimate of drug-likeness (QED) is 0.838. The highest BCUT2D eigenvalue weighted by Crippen LogP contribution is 2.22. The normalized spacial score (nSPS) is 16.0. The van der Waals surface area contributed by atoms with E-state index >= 15 is 0 Å². The number of anilines is 1. The second kappa shape index (κ2) is 6.41. The average Bonchev–Trinajstić information content (AvgIpc) is 2.91. The number of hydrogen-bond acceptors (Lipinski definition) is 3. The summed E-state index contributed by atoms with van der Waals surface area (Å²) in [6.45, 7) is 3.56. The van der Waals surface area contributed by atoms with Crippen molar-refractivity contribution < 1.29 is 4.79 Å². The van der Waals surface area contributed by atoms with Crippen LogP contribution in [-0.2, 0) is 4.79 Å². The van der Waals surface area contributed by atoms with Crippen LogP contribution >= 0.6 is 23.8 Å². The number of nitrogens with two attached hydrogens (primary N) is 1. The van der Waals surface area contributed by atoms with Crippen LogP contribution < -0.4 is 11.1 Å². The van der Waals surface area contributed by atoms with Gasteiger partial charge in [0.15, 0.2) is 0 Å². The molecule has 0 saturated carbocycles. The van der Waals surface area contributed by atoms with Crippen molar-refractivity contribution in [3.63, 3.8) is 0 Å². The predicted octanol–water partition coefficient (Wildman–Crippen LogP) is 2.40. The summed E-state index contributed by atoms with van der Waals surface area (Å²) < 4.78 is 0. The highest BCUT2D eigenvalue weighted by molar-refractivity contribution is 7.80. The number of nitrogens with zero attached hydrogens (tertiary/aromatic N) is 1. The molecule has 20 heavy (non-hydrogen) atoms. The molecule has 1 aromatic rings. The van der Waals surface area contributed by atoms with E-state index in [0.29, 0.717) is 10.6 Å². The fourth-order valence-corrected chi connectivity index (χ4v) is 2.84. The Morgan fingerprint density at radius 3 is 2.65 bits per heavy atom. The van der Waals surface area contributed by atoms with Crippen LogP contribution in [0.2, 0.25) is 5.02 Å². The summed E-state index contributed by atoms with van der Waals surface area (Å²) in [5, 5.41) is 3.65. The molecular formula is C14H18ClN3OS. The Hall–Kier alpha value is -1.33. The highest BCUT2D eigenvalue weighted by Gasteiger charge is 2.23. The van der Waals surface area contributed by atoms with Crippen molar-refractivity contribution in [2.75, 3.05) is 18.4 Å². The molecule has 1 fully saturated rings. The van der Waals surface area contributed by atoms with Crippen LogP contribution in [0.15, 0.2) is 18.2 Å². The van der Waals surface area contributed by atoms with Crippen molar-refractivity contribution in [1.29, 1.82) is 0 Å². The van der Waals surface area contributed by atoms with Gasteiger partial charge in [-0.2, -0.15) is 0 Å². The topological polar surface area (TPSA) is 58.4 Å². The number of amides is 1. The molecule has 3 N–H and O–H groups in total. The van der Waals surface area contributed by atoms with Crippen molar-refractivity contribution >= 4 is 40.4 Å². The maximum atomic E-state index is 12.2. The molecular weight excluding hydrogens is 294 g/mol. The summed E-state index contributed by atoms with van der Waals surface area (Å²) in [4.78, 5) is 14.4. The van der Waals surface area contributed by atoms with E-state index in [1.165, 1.54) is 0 Å². The lowest BCUT2D eigenvalue weighted by Gasteiger charge is -2.22. The number of carbonyl (C=O) groups excluding carboxylic acids is 1. The molecule has 0 spiro atoms. The predicted molar refractivity (Wildman–Crippen MR) is 86.2 cm³/mol. The molecule has 1 unspecified atom stereocenters. The first-order valence-corrected chi connectivity index (χ1v) is 7.42. The van der Waals surface area contributed by atoms with Crippen LogP contribution in [0.4, 0.5) is 5.69 Å². The third-order valence-electron chi connectivity index (χ3n) is 3.41. The molecule has 0 aromatic heterocycles. The molecule has 108 valence electrons. The number of thiocarbonyl (C=S) groups is 1. The summed E-state index contributed by atoms with van der Waals surface area (Å²) in [5.41, 5.74) is 6.99. The zero-order valence-corrected chi connectivity index (χ0v) is 12.9. The SMILES string of the molecule is CC(Nc1ccc(C(N)=S)c(Cl)c1)C(=O)N1CCCC1. The molecule has 1 aliphatic heterocycles. The third-order valence-corrected chi connectivity index (χ3v) is 3.94. The lowest BCUT2D eigenvalue weighted by molar-refractivity contribution is -0.130. The van der Waals surface area contributed by atoms with Gasteiger partial charge in [0.05, 0.1) is 5.02 Å². The van der Waals surface area contributed by atoms with Crippen molar-refractivity contribution in [2.45, 2.75) is 25.8 Å². The first kappa shape index (κ1) is 15.1. The molecule has 1 aliphatic rings. The molecule has 2 rings (SSSR count). The number of carbonyl (C=O) groups is 1. The van der Waals surface area contributed by atoms with E-state index < -0.39 is 0 Å². The first-order valence-electron chi connectivity index (χ1n) is 6.63. The van der Waals surface area contributed by atoms with Crippen LogP contribution in [-0.4, -0.2) is 34.9 Å². The fraction of sp³-hybridized carbons (Fsp3) is 0.429. The summed E-state index contributed by atoms with van der Waals surface area (Å²) in [6.07, 6.45) is 2.18. The lowest BCUT2D eigenvalue weighted by atomic mass is 10.2. The van der Waals surface area contributed by atoms with Gasteiger partial charge < -0.3 is 16.0 Å². The van der Waals surface area contributed by atoms with Gasteiger partial charge in [-0.15, -0.1) is 0 Å². The first-order chi connectivity index (χ1) is 9.49. The molecule has 1 saturated heterocycles. The van der Waals surface area contributed by atoms with Crippen molar-refractivity contribution in [3.8, 4) is 0 Å². The largest absolute Gasteiger partial charge is 0.389 e. The Morgan fingerprint density at radius 1 is 1.45 bits per heavy atom. The summed E-state index contributed by atoms with van der Waals surface area (Å²) >= 11 is 11.0. The Bertz CT molecular complexity index is 529. The van der Waals surface area contributed by atoms with Crippen molar-refractivity contribution in [3.05, 3.63) is 28.8 Å². The standard InChI is InChI=1S/C14H18ClN3OS/c1-9(14(19)18-6-2-3-7-18)17-10-4-5-11(13(16)20)12(15)8-10/h4-5,8-9,17H,2-3,6-7H2,1H3,(H2,16,20). The minimum atomic E-state index is -0.278. The fourth-order valence-electron chi connectivity index (χ4n) is 2.33. The maximum absolute atomic E-state index is 12.2. The molecule has 1 atom stereocenters. The molecule has 1 aromatic carbocycles. The van der Waals surface area contributed by atoms with Crippen LogP contribution in [0.25, 0.3) is 0 Å². The molecule has 0 bridgehead atoms. The summed E-state index contributed by atoms with van der Waals surface area (Å²) in [7, 11) is 0. The molecule has 6 heteroatoms. The van der Waals surface area contributed by atoms with Gasteiger partial charge in [-0.3, -0.25) is 4.79 Å². The second-order valence-corrected chi connectivity index (χ2v) is 5.80. The number of halogens is 1. The van der Waals surface area contributed by atoms with Gasteiger partial charge in [-0.25, -0.2) is 0 Å². The van der Waals surface area contributed by atoms with Crippen LogP contribution in [0, 0.1) is 0 Å². The minimum Gasteiger partial charge on any atom is -0.389 e. The zero-order valence-electron chi connectivity index (χ0n) is 11.4. The molecule has 0 aliphatic carbocycles. The van der Waals surface area contributed by atoms with E-state index in [-0.39, 0.29) is 16.9 Å². The number of nitrogens with one attached hydrogen (secondary N) is 1. The monoisotopic (exact) mass is 311 g/mol. The van der Waals surface area contributed by atoms with Crippen LogP contribution in [0.5, 0.6) is 0 Å². The van der Waals surface area contributed by atoms with Gasteiger partial charge in [0.2, 0.25) is 5.91 Å². The van der Waals surface area contributed by atoms with Gasteiger partial charge in [-0.1, -0.05) is 23.8 Å². The van der Waals surface area contributed by atoms with Gasteiger partial charge in [-0.05, 0) is 38.0 Å². The van der Waals surface area contributed by atoms with Gasteiger partial charge in [0.1, 0.15) is 11.0 Å². The average molecular weight is 312 g/mol. The van der Waals surface area contributed by atoms with Crippen molar-refractivity contribution in [2.24, 2.45) is 5.73 Å². The summed E-state index contributed by atoms with van der Waals surface area (Å²) in [5.74, 6) is 0.122. The van der Waals surface area contributed by atoms with Gasteiger partial charge in [0, 0.05) is 24.3 Å². The Balaban J connectivity index is 2.04. The number of rotatable bonds is 4. The lowest BCUT2D eigenvalue weighted by Crippen LogP contribution is -2.39. The van der Waals surface area contributed by atoms with E-state index in [1.807, 2.05) is 17.9 Å². The Morgan fingerprint density at radius 2 is 2.10 bits per heavy atom. The van der Waals surface area contributed by atoms with E-state index in [1.54, 1.807) is 12.1 Å². The number of likely N-dealkylation sites (tertiary alicyclic amines) is 1. The van der Waals surface area contributed by atoms with Crippen molar-refractivity contribution in [1.82, 2.24) is 4.90 Å². The molecule has 1 amide bonds. The second-order valence-electron chi connectivity index (χ2n) is 4.96. The summed E-state index contributed by atoms with van der Waals surface area (Å²) in [6, 6.07) is 5.05. The Kier molecular flexibility index (Phi) is 4.83. The maximum Gasteiger partial charge on any atom is 0.244 e. The van der Waals surface area contributed by atoms with Gasteiger partial charge >= 0.3 is 0 Å². The number of benzene rings is 1. The Labute approximate surface area is 129 Å². The highest BCUT2D eigenvalue weighted by atomic mass is 35.5. The smallest absolute Gasteiger partial charge is 0.244 e. The molecule has 0 radical (unpaired) electrons. The molecule has 4 nitrogen and oxygen atoms in total. The van der Waals surface area contributed by atoms with Gasteiger partial charge in [0.25, 0.3) is 0 Å². The molecule has 1 heterocycles. The third kappa shape index (κ3) is 3.41. The minimum absolute atomic E-state index is 0.122. The van der Waals surface area contributed by atoms with E-state index in [2.05, 4.69) is 5.32 Å².